The molecule has 0 saturated carbocycles. The fraction of sp³-hybridized carbons (Fsp3) is 0.382. The van der Waals surface area contributed by atoms with Gasteiger partial charge in [0.05, 0.1) is 19.3 Å². The second-order valence-corrected chi connectivity index (χ2v) is 11.3. The Morgan fingerprint density at radius 2 is 1.52 bits per heavy atom. The highest BCUT2D eigenvalue weighted by molar-refractivity contribution is 6.02. The standard InChI is InChI=1S/C34H40N6O4/c41-32(27-11-5-2-6-12-27)36-15-8-18-39-31(33(42)38-19-16-35-17-20-38)30(26-9-3-1-4-10-26)40(34(39)43)29-14-7-13-28(25-29)37-21-23-44-24-22-37/h1-7,9-14,25,30-31,35H,8,15-24H2,(H,36,41). The third-order valence-corrected chi connectivity index (χ3v) is 8.57. The van der Waals surface area contributed by atoms with Gasteiger partial charge in [-0.05, 0) is 42.3 Å². The fourth-order valence-corrected chi connectivity index (χ4v) is 6.32. The van der Waals surface area contributed by atoms with Crippen LogP contribution in [0.1, 0.15) is 28.4 Å². The molecule has 3 aliphatic rings. The number of ether oxygens (including phenoxy) is 1. The molecule has 2 unspecified atom stereocenters. The number of carbonyl (C=O) groups is 3. The maximum atomic E-state index is 14.5. The van der Waals surface area contributed by atoms with Gasteiger partial charge in [-0.25, -0.2) is 4.79 Å². The molecule has 3 heterocycles. The predicted molar refractivity (Wildman–Crippen MR) is 170 cm³/mol. The topological polar surface area (TPSA) is 97.5 Å². The van der Waals surface area contributed by atoms with E-state index in [-0.39, 0.29) is 17.8 Å². The van der Waals surface area contributed by atoms with Crippen LogP contribution in [0.5, 0.6) is 0 Å². The van der Waals surface area contributed by atoms with Crippen LogP contribution in [0.15, 0.2) is 84.9 Å². The van der Waals surface area contributed by atoms with Gasteiger partial charge in [0.2, 0.25) is 5.91 Å². The van der Waals surface area contributed by atoms with E-state index in [1.54, 1.807) is 21.9 Å². The van der Waals surface area contributed by atoms with Gasteiger partial charge in [0.25, 0.3) is 5.91 Å². The maximum Gasteiger partial charge on any atom is 0.325 e. The van der Waals surface area contributed by atoms with Crippen LogP contribution in [0.4, 0.5) is 16.2 Å². The average molecular weight is 597 g/mol. The van der Waals surface area contributed by atoms with Gasteiger partial charge in [-0.3, -0.25) is 14.5 Å². The van der Waals surface area contributed by atoms with Crippen molar-refractivity contribution in [1.29, 1.82) is 0 Å². The fourth-order valence-electron chi connectivity index (χ4n) is 6.32. The van der Waals surface area contributed by atoms with Gasteiger partial charge in [0.1, 0.15) is 6.04 Å². The summed E-state index contributed by atoms with van der Waals surface area (Å²) in [7, 11) is 0. The zero-order chi connectivity index (χ0) is 30.3. The van der Waals surface area contributed by atoms with Crippen LogP contribution < -0.4 is 20.4 Å². The molecule has 10 heteroatoms. The summed E-state index contributed by atoms with van der Waals surface area (Å²) in [5.74, 6) is -0.204. The first-order chi connectivity index (χ1) is 21.6. The van der Waals surface area contributed by atoms with Crippen molar-refractivity contribution in [3.63, 3.8) is 0 Å². The summed E-state index contributed by atoms with van der Waals surface area (Å²) >= 11 is 0. The Balaban J connectivity index is 1.31. The number of carbonyl (C=O) groups excluding carboxylic acids is 3. The minimum atomic E-state index is -0.708. The first-order valence-corrected chi connectivity index (χ1v) is 15.5. The quantitative estimate of drug-likeness (QED) is 0.369. The van der Waals surface area contributed by atoms with Gasteiger partial charge in [0.15, 0.2) is 0 Å². The Morgan fingerprint density at radius 1 is 0.841 bits per heavy atom. The zero-order valence-electron chi connectivity index (χ0n) is 24.9. The maximum absolute atomic E-state index is 14.5. The molecular formula is C34H40N6O4. The van der Waals surface area contributed by atoms with E-state index in [0.717, 1.165) is 43.1 Å². The third-order valence-electron chi connectivity index (χ3n) is 8.57. The number of benzene rings is 3. The summed E-state index contributed by atoms with van der Waals surface area (Å²) in [5, 5.41) is 6.29. The lowest BCUT2D eigenvalue weighted by molar-refractivity contribution is -0.136. The number of anilines is 2. The molecule has 44 heavy (non-hydrogen) atoms. The van der Waals surface area contributed by atoms with Gasteiger partial charge in [-0.1, -0.05) is 54.6 Å². The summed E-state index contributed by atoms with van der Waals surface area (Å²) in [6, 6.07) is 25.5. The van der Waals surface area contributed by atoms with Crippen LogP contribution in [-0.4, -0.2) is 99.3 Å². The van der Waals surface area contributed by atoms with Crippen molar-refractivity contribution < 1.29 is 19.1 Å². The van der Waals surface area contributed by atoms with E-state index < -0.39 is 12.1 Å². The molecule has 3 aromatic rings. The van der Waals surface area contributed by atoms with E-state index in [0.29, 0.717) is 51.4 Å². The number of rotatable bonds is 9. The zero-order valence-corrected chi connectivity index (χ0v) is 24.9. The molecule has 3 aliphatic heterocycles. The average Bonchev–Trinajstić information content (AvgIpc) is 3.39. The lowest BCUT2D eigenvalue weighted by atomic mass is 9.96. The van der Waals surface area contributed by atoms with Crippen molar-refractivity contribution in [2.75, 3.05) is 75.4 Å². The van der Waals surface area contributed by atoms with Crippen LogP contribution in [-0.2, 0) is 9.53 Å². The Bertz CT molecular complexity index is 1430. The van der Waals surface area contributed by atoms with E-state index in [4.69, 9.17) is 4.74 Å². The van der Waals surface area contributed by atoms with Gasteiger partial charge >= 0.3 is 6.03 Å². The smallest absolute Gasteiger partial charge is 0.325 e. The van der Waals surface area contributed by atoms with E-state index in [2.05, 4.69) is 27.7 Å². The summed E-state index contributed by atoms with van der Waals surface area (Å²) in [6.07, 6.45) is 0.513. The van der Waals surface area contributed by atoms with Gasteiger partial charge in [-0.2, -0.15) is 0 Å². The van der Waals surface area contributed by atoms with Gasteiger partial charge in [0, 0.05) is 69.3 Å². The minimum Gasteiger partial charge on any atom is -0.378 e. The molecule has 3 aromatic carbocycles. The van der Waals surface area contributed by atoms with Crippen molar-refractivity contribution in [1.82, 2.24) is 20.4 Å². The van der Waals surface area contributed by atoms with Crippen molar-refractivity contribution in [2.24, 2.45) is 0 Å². The summed E-state index contributed by atoms with van der Waals surface area (Å²) in [5.41, 5.74) is 3.28. The lowest BCUT2D eigenvalue weighted by Gasteiger charge is -2.35. The van der Waals surface area contributed by atoms with Gasteiger partial charge in [-0.15, -0.1) is 0 Å². The van der Waals surface area contributed by atoms with Crippen LogP contribution in [0, 0.1) is 0 Å². The molecule has 0 radical (unpaired) electrons. The molecule has 3 fully saturated rings. The molecule has 0 bridgehead atoms. The highest BCUT2D eigenvalue weighted by Crippen LogP contribution is 2.41. The lowest BCUT2D eigenvalue weighted by Crippen LogP contribution is -2.54. The van der Waals surface area contributed by atoms with E-state index >= 15 is 0 Å². The Hall–Kier alpha value is -4.41. The first-order valence-electron chi connectivity index (χ1n) is 15.5. The molecule has 3 saturated heterocycles. The number of amides is 4. The molecule has 2 N–H and O–H groups in total. The molecular weight excluding hydrogens is 556 g/mol. The molecule has 0 spiro atoms. The van der Waals surface area contributed by atoms with Crippen molar-refractivity contribution in [3.8, 4) is 0 Å². The summed E-state index contributed by atoms with van der Waals surface area (Å²) in [4.78, 5) is 49.1. The van der Waals surface area contributed by atoms with E-state index in [1.165, 1.54) is 0 Å². The minimum absolute atomic E-state index is 0.0474. The molecule has 4 amide bonds. The second-order valence-electron chi connectivity index (χ2n) is 11.3. The normalized spacial score (nSPS) is 20.6. The SMILES string of the molecule is O=C(NCCCN1C(=O)N(c2cccc(N3CCOCC3)c2)C(c2ccccc2)C1C(=O)N1CCNCC1)c1ccccc1. The largest absolute Gasteiger partial charge is 0.378 e. The van der Waals surface area contributed by atoms with Crippen LogP contribution in [0.25, 0.3) is 0 Å². The van der Waals surface area contributed by atoms with Crippen molar-refractivity contribution in [2.45, 2.75) is 18.5 Å². The highest BCUT2D eigenvalue weighted by Gasteiger charge is 2.51. The Morgan fingerprint density at radius 3 is 2.25 bits per heavy atom. The molecule has 6 rings (SSSR count). The molecule has 0 aromatic heterocycles. The first kappa shape index (κ1) is 29.7. The Labute approximate surface area is 258 Å². The third kappa shape index (κ3) is 6.41. The molecule has 0 aliphatic carbocycles. The molecule has 2 atom stereocenters. The Kier molecular flexibility index (Phi) is 9.38. The summed E-state index contributed by atoms with van der Waals surface area (Å²) in [6.45, 7) is 6.24. The molecule has 10 nitrogen and oxygen atoms in total. The van der Waals surface area contributed by atoms with Gasteiger partial charge < -0.3 is 30.1 Å². The van der Waals surface area contributed by atoms with Crippen LogP contribution >= 0.6 is 0 Å². The summed E-state index contributed by atoms with van der Waals surface area (Å²) < 4.78 is 5.56. The number of nitrogens with one attached hydrogen (secondary N) is 2. The van der Waals surface area contributed by atoms with Crippen LogP contribution in [0.3, 0.4) is 0 Å². The predicted octanol–water partition coefficient (Wildman–Crippen LogP) is 3.13. The van der Waals surface area contributed by atoms with E-state index in [9.17, 15) is 14.4 Å². The molecule has 230 valence electrons. The van der Waals surface area contributed by atoms with Crippen LogP contribution in [0.2, 0.25) is 0 Å². The number of hydrogen-bond acceptors (Lipinski definition) is 6. The monoisotopic (exact) mass is 596 g/mol. The number of morpholine rings is 1. The second kappa shape index (κ2) is 13.9. The highest BCUT2D eigenvalue weighted by atomic mass is 16.5. The number of piperazine rings is 1. The number of hydrogen-bond donors (Lipinski definition) is 2. The van der Waals surface area contributed by atoms with Crippen molar-refractivity contribution in [3.05, 3.63) is 96.1 Å². The van der Waals surface area contributed by atoms with Crippen molar-refractivity contribution >= 4 is 29.2 Å². The number of nitrogens with zero attached hydrogens (tertiary/aromatic N) is 4. The van der Waals surface area contributed by atoms with E-state index in [1.807, 2.05) is 65.6 Å². The number of urea groups is 1.